The Labute approximate surface area is 110 Å². The Kier molecular flexibility index (Phi) is 2.57. The minimum absolute atomic E-state index is 0.0362. The highest BCUT2D eigenvalue weighted by Gasteiger charge is 2.43. The van der Waals surface area contributed by atoms with Crippen molar-refractivity contribution in [3.05, 3.63) is 22.4 Å². The fourth-order valence-corrected chi connectivity index (χ4v) is 4.33. The summed E-state index contributed by atoms with van der Waals surface area (Å²) < 4.78 is 2.41. The normalized spacial score (nSPS) is 17.6. The molecule has 0 bridgehead atoms. The summed E-state index contributed by atoms with van der Waals surface area (Å²) in [5.41, 5.74) is 0.0362. The lowest BCUT2D eigenvalue weighted by Gasteiger charge is -2.12. The number of fused-ring (bicyclic) bond motifs is 1. The summed E-state index contributed by atoms with van der Waals surface area (Å²) in [5.74, 6) is 0.0744. The SMILES string of the molecule is O=C(NC1(CBr)CC1)c1cc2sccc2s1. The van der Waals surface area contributed by atoms with E-state index in [-0.39, 0.29) is 11.4 Å². The van der Waals surface area contributed by atoms with E-state index in [4.69, 9.17) is 0 Å². The van der Waals surface area contributed by atoms with E-state index in [0.29, 0.717) is 0 Å². The zero-order valence-electron chi connectivity index (χ0n) is 8.46. The number of carbonyl (C=O) groups is 1. The number of carbonyl (C=O) groups excluding carboxylic acids is 1. The van der Waals surface area contributed by atoms with Crippen molar-refractivity contribution < 1.29 is 4.79 Å². The molecule has 1 saturated carbocycles. The Hall–Kier alpha value is -0.390. The van der Waals surface area contributed by atoms with Crippen LogP contribution in [-0.4, -0.2) is 16.8 Å². The van der Waals surface area contributed by atoms with Crippen LogP contribution in [-0.2, 0) is 0 Å². The third-order valence-corrected chi connectivity index (χ3v) is 6.02. The first-order valence-electron chi connectivity index (χ1n) is 5.08. The van der Waals surface area contributed by atoms with Gasteiger partial charge in [0.2, 0.25) is 0 Å². The summed E-state index contributed by atoms with van der Waals surface area (Å²) in [6.07, 6.45) is 2.17. The number of nitrogens with one attached hydrogen (secondary N) is 1. The fraction of sp³-hybridized carbons (Fsp3) is 0.364. The van der Waals surface area contributed by atoms with Crippen LogP contribution in [0.3, 0.4) is 0 Å². The lowest BCUT2D eigenvalue weighted by atomic mass is 10.3. The molecule has 0 aliphatic heterocycles. The van der Waals surface area contributed by atoms with Gasteiger partial charge in [0.15, 0.2) is 0 Å². The van der Waals surface area contributed by atoms with Crippen molar-refractivity contribution in [3.8, 4) is 0 Å². The first-order valence-corrected chi connectivity index (χ1v) is 7.90. The van der Waals surface area contributed by atoms with Gasteiger partial charge in [0.1, 0.15) is 0 Å². The molecule has 1 aliphatic rings. The lowest BCUT2D eigenvalue weighted by molar-refractivity contribution is 0.0941. The van der Waals surface area contributed by atoms with Gasteiger partial charge in [-0.25, -0.2) is 0 Å². The van der Waals surface area contributed by atoms with Gasteiger partial charge in [-0.15, -0.1) is 22.7 Å². The number of halogens is 1. The molecule has 0 saturated heterocycles. The van der Waals surface area contributed by atoms with Crippen molar-refractivity contribution in [3.63, 3.8) is 0 Å². The molecule has 0 aromatic carbocycles. The summed E-state index contributed by atoms with van der Waals surface area (Å²) in [6.45, 7) is 0. The van der Waals surface area contributed by atoms with Crippen LogP contribution in [0.4, 0.5) is 0 Å². The van der Waals surface area contributed by atoms with E-state index in [2.05, 4.69) is 32.7 Å². The van der Waals surface area contributed by atoms with Gasteiger partial charge < -0.3 is 5.32 Å². The summed E-state index contributed by atoms with van der Waals surface area (Å²) >= 11 is 6.71. The zero-order valence-corrected chi connectivity index (χ0v) is 11.7. The van der Waals surface area contributed by atoms with E-state index < -0.39 is 0 Å². The highest BCUT2D eigenvalue weighted by atomic mass is 79.9. The van der Waals surface area contributed by atoms with Crippen LogP contribution in [0.2, 0.25) is 0 Å². The van der Waals surface area contributed by atoms with Crippen LogP contribution in [0.25, 0.3) is 9.40 Å². The van der Waals surface area contributed by atoms with Crippen molar-refractivity contribution in [2.75, 3.05) is 5.33 Å². The molecule has 16 heavy (non-hydrogen) atoms. The van der Waals surface area contributed by atoms with Gasteiger partial charge in [-0.05, 0) is 30.4 Å². The minimum atomic E-state index is 0.0362. The number of rotatable bonds is 3. The van der Waals surface area contributed by atoms with Crippen molar-refractivity contribution in [2.45, 2.75) is 18.4 Å². The Bertz CT molecular complexity index is 512. The smallest absolute Gasteiger partial charge is 0.261 e. The summed E-state index contributed by atoms with van der Waals surface area (Å²) in [4.78, 5) is 12.8. The predicted octanol–water partition coefficient (Wildman–Crippen LogP) is 3.62. The van der Waals surface area contributed by atoms with E-state index in [0.717, 1.165) is 23.0 Å². The molecule has 2 heterocycles. The lowest BCUT2D eigenvalue weighted by Crippen LogP contribution is -2.37. The largest absolute Gasteiger partial charge is 0.345 e. The molecule has 1 aliphatic carbocycles. The minimum Gasteiger partial charge on any atom is -0.345 e. The molecule has 84 valence electrons. The van der Waals surface area contributed by atoms with Crippen LogP contribution in [0.5, 0.6) is 0 Å². The third-order valence-electron chi connectivity index (χ3n) is 2.85. The van der Waals surface area contributed by atoms with Crippen LogP contribution in [0.1, 0.15) is 22.5 Å². The number of amides is 1. The molecule has 0 unspecified atom stereocenters. The number of alkyl halides is 1. The first kappa shape index (κ1) is 10.7. The second-order valence-electron chi connectivity index (χ2n) is 4.13. The highest BCUT2D eigenvalue weighted by molar-refractivity contribution is 9.09. The van der Waals surface area contributed by atoms with Crippen molar-refractivity contribution >= 4 is 53.9 Å². The number of thiophene rings is 2. The fourth-order valence-electron chi connectivity index (χ4n) is 1.62. The molecule has 5 heteroatoms. The van der Waals surface area contributed by atoms with E-state index in [1.165, 1.54) is 9.40 Å². The highest BCUT2D eigenvalue weighted by Crippen LogP contribution is 2.38. The van der Waals surface area contributed by atoms with Crippen LogP contribution >= 0.6 is 38.6 Å². The monoisotopic (exact) mass is 315 g/mol. The molecule has 0 spiro atoms. The molecule has 1 fully saturated rings. The summed E-state index contributed by atoms with van der Waals surface area (Å²) in [5, 5.41) is 6.03. The maximum atomic E-state index is 12.0. The van der Waals surface area contributed by atoms with Gasteiger partial charge in [0.25, 0.3) is 5.91 Å². The van der Waals surface area contributed by atoms with Gasteiger partial charge in [-0.1, -0.05) is 15.9 Å². The molecular weight excluding hydrogens is 306 g/mol. The summed E-state index contributed by atoms with van der Waals surface area (Å²) in [6, 6.07) is 4.06. The Balaban J connectivity index is 1.82. The number of hydrogen-bond acceptors (Lipinski definition) is 3. The quantitative estimate of drug-likeness (QED) is 0.861. The zero-order chi connectivity index (χ0) is 11.2. The second kappa shape index (κ2) is 3.82. The first-order chi connectivity index (χ1) is 7.72. The summed E-state index contributed by atoms with van der Waals surface area (Å²) in [7, 11) is 0. The average molecular weight is 316 g/mol. The van der Waals surface area contributed by atoms with E-state index in [1.54, 1.807) is 22.7 Å². The standard InChI is InChI=1S/C11H10BrNOS2/c12-6-11(2-3-11)13-10(14)9-5-8-7(16-9)1-4-15-8/h1,4-5H,2-3,6H2,(H,13,14). The van der Waals surface area contributed by atoms with E-state index in [1.807, 2.05) is 6.07 Å². The second-order valence-corrected chi connectivity index (χ2v) is 6.72. The third kappa shape index (κ3) is 1.81. The van der Waals surface area contributed by atoms with Crippen LogP contribution < -0.4 is 5.32 Å². The molecule has 3 rings (SSSR count). The molecule has 1 amide bonds. The Morgan fingerprint density at radius 3 is 2.94 bits per heavy atom. The molecule has 2 nitrogen and oxygen atoms in total. The molecule has 0 radical (unpaired) electrons. The van der Waals surface area contributed by atoms with Crippen molar-refractivity contribution in [1.29, 1.82) is 0 Å². The molecule has 2 aromatic rings. The maximum absolute atomic E-state index is 12.0. The van der Waals surface area contributed by atoms with Gasteiger partial charge in [-0.2, -0.15) is 0 Å². The van der Waals surface area contributed by atoms with Gasteiger partial charge in [0.05, 0.1) is 10.4 Å². The topological polar surface area (TPSA) is 29.1 Å². The molecule has 2 aromatic heterocycles. The van der Waals surface area contributed by atoms with E-state index >= 15 is 0 Å². The maximum Gasteiger partial charge on any atom is 0.261 e. The van der Waals surface area contributed by atoms with Gasteiger partial charge in [0, 0.05) is 14.7 Å². The van der Waals surface area contributed by atoms with Crippen LogP contribution in [0.15, 0.2) is 17.5 Å². The predicted molar refractivity (Wildman–Crippen MR) is 72.9 cm³/mol. The molecule has 1 N–H and O–H groups in total. The molecule has 0 atom stereocenters. The Morgan fingerprint density at radius 1 is 1.50 bits per heavy atom. The van der Waals surface area contributed by atoms with Gasteiger partial charge in [-0.3, -0.25) is 4.79 Å². The van der Waals surface area contributed by atoms with Crippen molar-refractivity contribution in [1.82, 2.24) is 5.32 Å². The van der Waals surface area contributed by atoms with E-state index in [9.17, 15) is 4.79 Å². The van der Waals surface area contributed by atoms with Crippen molar-refractivity contribution in [2.24, 2.45) is 0 Å². The number of hydrogen-bond donors (Lipinski definition) is 1. The molecular formula is C11H10BrNOS2. The van der Waals surface area contributed by atoms with Crippen LogP contribution in [0, 0.1) is 0 Å². The Morgan fingerprint density at radius 2 is 2.31 bits per heavy atom. The average Bonchev–Trinajstić information content (AvgIpc) is 2.72. The van der Waals surface area contributed by atoms with Gasteiger partial charge >= 0.3 is 0 Å².